The van der Waals surface area contributed by atoms with E-state index in [9.17, 15) is 8.42 Å². The van der Waals surface area contributed by atoms with Crippen molar-refractivity contribution in [1.82, 2.24) is 5.32 Å². The Labute approximate surface area is 98.9 Å². The molecule has 0 amide bonds. The Morgan fingerprint density at radius 1 is 1.38 bits per heavy atom. The van der Waals surface area contributed by atoms with Crippen molar-refractivity contribution in [3.8, 4) is 11.8 Å². The molecule has 0 heterocycles. The molecule has 0 radical (unpaired) electrons. The molecule has 1 fully saturated rings. The molecule has 0 aromatic rings. The highest BCUT2D eigenvalue weighted by Gasteiger charge is 2.28. The van der Waals surface area contributed by atoms with E-state index in [1.807, 2.05) is 6.92 Å². The predicted octanol–water partition coefficient (Wildman–Crippen LogP) is 1.35. The summed E-state index contributed by atoms with van der Waals surface area (Å²) in [5, 5.41) is 3.25. The van der Waals surface area contributed by atoms with Gasteiger partial charge in [-0.05, 0) is 26.2 Å². The van der Waals surface area contributed by atoms with Crippen molar-refractivity contribution in [3.63, 3.8) is 0 Å². The molecular weight excluding hydrogens is 222 g/mol. The lowest BCUT2D eigenvalue weighted by Gasteiger charge is -2.28. The van der Waals surface area contributed by atoms with Gasteiger partial charge < -0.3 is 5.32 Å². The van der Waals surface area contributed by atoms with E-state index >= 15 is 0 Å². The van der Waals surface area contributed by atoms with Crippen LogP contribution in [0.1, 0.15) is 39.0 Å². The van der Waals surface area contributed by atoms with Gasteiger partial charge >= 0.3 is 0 Å². The summed E-state index contributed by atoms with van der Waals surface area (Å²) < 4.78 is 22.9. The predicted molar refractivity (Wildman–Crippen MR) is 67.0 cm³/mol. The third-order valence-electron chi connectivity index (χ3n) is 3.09. The van der Waals surface area contributed by atoms with Crippen LogP contribution in [-0.2, 0) is 9.84 Å². The van der Waals surface area contributed by atoms with Gasteiger partial charge in [0.2, 0.25) is 0 Å². The molecule has 1 rings (SSSR count). The Bertz CT molecular complexity index is 364. The van der Waals surface area contributed by atoms with Gasteiger partial charge in [0.05, 0.1) is 5.25 Å². The Balaban J connectivity index is 2.35. The molecule has 1 N–H and O–H groups in total. The van der Waals surface area contributed by atoms with Crippen LogP contribution in [0.3, 0.4) is 0 Å². The zero-order valence-electron chi connectivity index (χ0n) is 10.1. The molecule has 0 aliphatic heterocycles. The smallest absolute Gasteiger partial charge is 0.150 e. The molecule has 2 atom stereocenters. The van der Waals surface area contributed by atoms with Crippen molar-refractivity contribution in [2.75, 3.05) is 12.8 Å². The first kappa shape index (κ1) is 13.5. The van der Waals surface area contributed by atoms with Gasteiger partial charge in [-0.25, -0.2) is 8.42 Å². The summed E-state index contributed by atoms with van der Waals surface area (Å²) in [7, 11) is -2.86. The maximum absolute atomic E-state index is 11.5. The lowest BCUT2D eigenvalue weighted by molar-refractivity contribution is 0.375. The fraction of sp³-hybridized carbons (Fsp3) is 0.833. The van der Waals surface area contributed by atoms with Crippen LogP contribution in [-0.4, -0.2) is 32.5 Å². The van der Waals surface area contributed by atoms with Crippen LogP contribution in [0.2, 0.25) is 0 Å². The van der Waals surface area contributed by atoms with Crippen LogP contribution in [0, 0.1) is 11.8 Å². The number of rotatable bonds is 4. The Morgan fingerprint density at radius 3 is 2.75 bits per heavy atom. The molecular formula is C12H21NO2S. The normalized spacial score (nSPS) is 25.9. The molecule has 0 aromatic carbocycles. The van der Waals surface area contributed by atoms with E-state index in [2.05, 4.69) is 17.2 Å². The molecule has 0 aromatic heterocycles. The maximum atomic E-state index is 11.5. The SMILES string of the molecule is CC#CCCNC1CCCC(S(C)(=O)=O)C1. The zero-order chi connectivity index (χ0) is 12.0. The molecule has 4 heteroatoms. The third-order valence-corrected chi connectivity index (χ3v) is 4.73. The quantitative estimate of drug-likeness (QED) is 0.599. The molecule has 1 aliphatic rings. The monoisotopic (exact) mass is 243 g/mol. The minimum Gasteiger partial charge on any atom is -0.313 e. The zero-order valence-corrected chi connectivity index (χ0v) is 10.9. The summed E-state index contributed by atoms with van der Waals surface area (Å²) in [5.74, 6) is 5.85. The molecule has 3 nitrogen and oxygen atoms in total. The van der Waals surface area contributed by atoms with Crippen LogP contribution in [0.5, 0.6) is 0 Å². The molecule has 2 unspecified atom stereocenters. The second-order valence-corrected chi connectivity index (χ2v) is 6.77. The summed E-state index contributed by atoms with van der Waals surface area (Å²) in [6.45, 7) is 2.70. The standard InChI is InChI=1S/C12H21NO2S/c1-3-4-5-9-13-11-7-6-8-12(10-11)16(2,14)15/h11-13H,5-10H2,1-2H3. The second kappa shape index (κ2) is 6.27. The third kappa shape index (κ3) is 4.54. The van der Waals surface area contributed by atoms with Gasteiger partial charge in [-0.1, -0.05) is 6.42 Å². The number of nitrogens with one attached hydrogen (secondary N) is 1. The van der Waals surface area contributed by atoms with Crippen LogP contribution < -0.4 is 5.32 Å². The Hall–Kier alpha value is -0.530. The topological polar surface area (TPSA) is 46.2 Å². The van der Waals surface area contributed by atoms with Crippen molar-refractivity contribution in [2.45, 2.75) is 50.3 Å². The summed E-state index contributed by atoms with van der Waals surface area (Å²) in [5.41, 5.74) is 0. The first-order valence-electron chi connectivity index (χ1n) is 5.86. The summed E-state index contributed by atoms with van der Waals surface area (Å²) >= 11 is 0. The highest BCUT2D eigenvalue weighted by atomic mass is 32.2. The minimum atomic E-state index is -2.86. The van der Waals surface area contributed by atoms with Crippen molar-refractivity contribution in [3.05, 3.63) is 0 Å². The van der Waals surface area contributed by atoms with Crippen molar-refractivity contribution < 1.29 is 8.42 Å². The largest absolute Gasteiger partial charge is 0.313 e. The number of hydrogen-bond donors (Lipinski definition) is 1. The van der Waals surface area contributed by atoms with Crippen LogP contribution in [0.15, 0.2) is 0 Å². The Kier molecular flexibility index (Phi) is 5.30. The van der Waals surface area contributed by atoms with Crippen LogP contribution in [0.4, 0.5) is 0 Å². The van der Waals surface area contributed by atoms with Gasteiger partial charge in [0.25, 0.3) is 0 Å². The van der Waals surface area contributed by atoms with Gasteiger partial charge in [0.15, 0.2) is 0 Å². The summed E-state index contributed by atoms with van der Waals surface area (Å²) in [6.07, 6.45) is 5.88. The molecule has 1 saturated carbocycles. The molecule has 92 valence electrons. The fourth-order valence-electron chi connectivity index (χ4n) is 2.18. The van der Waals surface area contributed by atoms with Crippen molar-refractivity contribution >= 4 is 9.84 Å². The van der Waals surface area contributed by atoms with Gasteiger partial charge in [-0.3, -0.25) is 0 Å². The molecule has 1 aliphatic carbocycles. The van der Waals surface area contributed by atoms with Crippen LogP contribution >= 0.6 is 0 Å². The fourth-order valence-corrected chi connectivity index (χ4v) is 3.36. The average molecular weight is 243 g/mol. The van der Waals surface area contributed by atoms with E-state index < -0.39 is 9.84 Å². The van der Waals surface area contributed by atoms with E-state index in [4.69, 9.17) is 0 Å². The first-order valence-corrected chi connectivity index (χ1v) is 7.81. The van der Waals surface area contributed by atoms with Crippen molar-refractivity contribution in [1.29, 1.82) is 0 Å². The average Bonchev–Trinajstić information content (AvgIpc) is 2.24. The second-order valence-electron chi connectivity index (χ2n) is 4.45. The lowest BCUT2D eigenvalue weighted by atomic mass is 9.95. The van der Waals surface area contributed by atoms with Gasteiger partial charge in [-0.2, -0.15) is 0 Å². The van der Waals surface area contributed by atoms with E-state index in [0.29, 0.717) is 6.04 Å². The van der Waals surface area contributed by atoms with E-state index in [-0.39, 0.29) is 5.25 Å². The number of sulfone groups is 1. The first-order chi connectivity index (χ1) is 7.54. The van der Waals surface area contributed by atoms with E-state index in [1.54, 1.807) is 0 Å². The van der Waals surface area contributed by atoms with E-state index in [1.165, 1.54) is 6.26 Å². The highest BCUT2D eigenvalue weighted by molar-refractivity contribution is 7.91. The molecule has 0 saturated heterocycles. The van der Waals surface area contributed by atoms with Crippen molar-refractivity contribution in [2.24, 2.45) is 0 Å². The van der Waals surface area contributed by atoms with Crippen LogP contribution in [0.25, 0.3) is 0 Å². The van der Waals surface area contributed by atoms with Gasteiger partial charge in [0.1, 0.15) is 9.84 Å². The number of hydrogen-bond acceptors (Lipinski definition) is 3. The van der Waals surface area contributed by atoms with Gasteiger partial charge in [-0.15, -0.1) is 11.8 Å². The summed E-state index contributed by atoms with van der Waals surface area (Å²) in [4.78, 5) is 0. The minimum absolute atomic E-state index is 0.143. The maximum Gasteiger partial charge on any atom is 0.150 e. The highest BCUT2D eigenvalue weighted by Crippen LogP contribution is 2.23. The molecule has 16 heavy (non-hydrogen) atoms. The lowest BCUT2D eigenvalue weighted by Crippen LogP contribution is -2.39. The van der Waals surface area contributed by atoms with E-state index in [0.717, 1.165) is 38.6 Å². The molecule has 0 bridgehead atoms. The molecule has 0 spiro atoms. The van der Waals surface area contributed by atoms with Gasteiger partial charge in [0, 0.05) is 25.3 Å². The summed E-state index contributed by atoms with van der Waals surface area (Å²) in [6, 6.07) is 0.354. The Morgan fingerprint density at radius 2 is 2.12 bits per heavy atom.